The highest BCUT2D eigenvalue weighted by Gasteiger charge is 2.28. The van der Waals surface area contributed by atoms with Gasteiger partial charge in [-0.25, -0.2) is 9.97 Å². The maximum absolute atomic E-state index is 13.3. The topological polar surface area (TPSA) is 102 Å². The fourth-order valence-electron chi connectivity index (χ4n) is 4.19. The van der Waals surface area contributed by atoms with Crippen molar-refractivity contribution >= 4 is 39.3 Å². The van der Waals surface area contributed by atoms with Crippen LogP contribution in [0, 0.1) is 6.92 Å². The number of amides is 2. The molecule has 8 nitrogen and oxygen atoms in total. The Morgan fingerprint density at radius 3 is 2.59 bits per heavy atom. The van der Waals surface area contributed by atoms with Crippen LogP contribution in [0.4, 0.5) is 5.13 Å². The summed E-state index contributed by atoms with van der Waals surface area (Å²) in [4.78, 5) is 34.0. The van der Waals surface area contributed by atoms with E-state index in [1.54, 1.807) is 4.68 Å². The normalized spacial score (nSPS) is 14.2. The van der Waals surface area contributed by atoms with Crippen molar-refractivity contribution in [2.24, 2.45) is 7.05 Å². The standard InChI is InChI=1S/C25H26N6O2S/c1-13(26-15(3)32)16-5-7-18(8-6-16)21-12-34-25(28-21)29-24(33)19-11-20(17-9-10-17)27-23-22(19)14(2)30-31(23)4/h5-8,11-13,17H,9-10H2,1-4H3,(H,26,32)(H,28,29,33). The van der Waals surface area contributed by atoms with Crippen molar-refractivity contribution in [3.63, 3.8) is 0 Å². The Kier molecular flexibility index (Phi) is 5.65. The molecule has 0 radical (unpaired) electrons. The summed E-state index contributed by atoms with van der Waals surface area (Å²) >= 11 is 1.39. The first-order chi connectivity index (χ1) is 16.3. The van der Waals surface area contributed by atoms with Crippen molar-refractivity contribution in [2.45, 2.75) is 45.6 Å². The number of rotatable bonds is 6. The van der Waals surface area contributed by atoms with Crippen LogP contribution < -0.4 is 10.6 Å². The Balaban J connectivity index is 1.38. The summed E-state index contributed by atoms with van der Waals surface area (Å²) in [6.45, 7) is 5.35. The Morgan fingerprint density at radius 1 is 1.18 bits per heavy atom. The van der Waals surface area contributed by atoms with E-state index in [1.165, 1.54) is 18.3 Å². The minimum atomic E-state index is -0.203. The summed E-state index contributed by atoms with van der Waals surface area (Å²) in [5, 5.41) is 13.6. The molecule has 1 saturated carbocycles. The van der Waals surface area contributed by atoms with Crippen LogP contribution in [0.3, 0.4) is 0 Å². The lowest BCUT2D eigenvalue weighted by molar-refractivity contribution is -0.119. The number of aromatic nitrogens is 4. The monoisotopic (exact) mass is 474 g/mol. The van der Waals surface area contributed by atoms with Crippen molar-refractivity contribution < 1.29 is 9.59 Å². The summed E-state index contributed by atoms with van der Waals surface area (Å²) in [7, 11) is 1.86. The van der Waals surface area contributed by atoms with Crippen LogP contribution in [0.1, 0.15) is 66.0 Å². The second-order valence-electron chi connectivity index (χ2n) is 8.81. The first kappa shape index (κ1) is 22.2. The molecule has 4 aromatic rings. The SMILES string of the molecule is CC(=O)NC(C)c1ccc(-c2csc(NC(=O)c3cc(C4CC4)nc4c3c(C)nn4C)n2)cc1. The predicted octanol–water partition coefficient (Wildman–Crippen LogP) is 4.73. The lowest BCUT2D eigenvalue weighted by Crippen LogP contribution is -2.23. The minimum Gasteiger partial charge on any atom is -0.350 e. The summed E-state index contributed by atoms with van der Waals surface area (Å²) in [5.74, 6) is 0.161. The van der Waals surface area contributed by atoms with Crippen LogP contribution in [-0.4, -0.2) is 31.6 Å². The molecule has 9 heteroatoms. The number of pyridine rings is 1. The zero-order valence-corrected chi connectivity index (χ0v) is 20.4. The van der Waals surface area contributed by atoms with E-state index in [4.69, 9.17) is 4.98 Å². The molecule has 2 N–H and O–H groups in total. The number of hydrogen-bond acceptors (Lipinski definition) is 6. The van der Waals surface area contributed by atoms with Crippen molar-refractivity contribution in [1.82, 2.24) is 25.1 Å². The molecule has 3 aromatic heterocycles. The number of carbonyl (C=O) groups is 2. The van der Waals surface area contributed by atoms with E-state index in [9.17, 15) is 9.59 Å². The number of benzene rings is 1. The van der Waals surface area contributed by atoms with Crippen LogP contribution >= 0.6 is 11.3 Å². The van der Waals surface area contributed by atoms with Gasteiger partial charge in [0.1, 0.15) is 0 Å². The van der Waals surface area contributed by atoms with Gasteiger partial charge in [-0.15, -0.1) is 11.3 Å². The van der Waals surface area contributed by atoms with E-state index in [1.807, 2.05) is 56.6 Å². The Labute approximate surface area is 201 Å². The highest BCUT2D eigenvalue weighted by molar-refractivity contribution is 7.14. The number of nitrogens with zero attached hydrogens (tertiary/aromatic N) is 4. The maximum Gasteiger partial charge on any atom is 0.258 e. The van der Waals surface area contributed by atoms with Gasteiger partial charge in [-0.05, 0) is 38.3 Å². The zero-order valence-electron chi connectivity index (χ0n) is 19.5. The largest absolute Gasteiger partial charge is 0.350 e. The second kappa shape index (κ2) is 8.64. The molecule has 1 fully saturated rings. The fraction of sp³-hybridized carbons (Fsp3) is 0.320. The average Bonchev–Trinajstić information content (AvgIpc) is 3.49. The molecular weight excluding hydrogens is 448 g/mol. The quantitative estimate of drug-likeness (QED) is 0.421. The van der Waals surface area contributed by atoms with Gasteiger partial charge in [-0.2, -0.15) is 5.10 Å². The van der Waals surface area contributed by atoms with Gasteiger partial charge in [0.05, 0.1) is 28.4 Å². The molecule has 3 heterocycles. The third kappa shape index (κ3) is 4.31. The maximum atomic E-state index is 13.3. The van der Waals surface area contributed by atoms with Gasteiger partial charge in [-0.3, -0.25) is 19.6 Å². The molecule has 1 aliphatic rings. The molecule has 5 rings (SSSR count). The van der Waals surface area contributed by atoms with Gasteiger partial charge < -0.3 is 5.32 Å². The second-order valence-corrected chi connectivity index (χ2v) is 9.67. The third-order valence-electron chi connectivity index (χ3n) is 6.08. The van der Waals surface area contributed by atoms with Crippen LogP contribution in [-0.2, 0) is 11.8 Å². The van der Waals surface area contributed by atoms with E-state index < -0.39 is 0 Å². The molecule has 0 bridgehead atoms. The lowest BCUT2D eigenvalue weighted by Gasteiger charge is -2.13. The third-order valence-corrected chi connectivity index (χ3v) is 6.84. The van der Waals surface area contributed by atoms with Gasteiger partial charge in [-0.1, -0.05) is 24.3 Å². The number of anilines is 1. The number of nitrogens with one attached hydrogen (secondary N) is 2. The predicted molar refractivity (Wildman–Crippen MR) is 133 cm³/mol. The number of carbonyl (C=O) groups excluding carboxylic acids is 2. The van der Waals surface area contributed by atoms with Gasteiger partial charge in [0.25, 0.3) is 5.91 Å². The molecule has 1 aliphatic carbocycles. The zero-order chi connectivity index (χ0) is 24.0. The minimum absolute atomic E-state index is 0.0614. The molecule has 34 heavy (non-hydrogen) atoms. The molecule has 1 unspecified atom stereocenters. The molecule has 0 aliphatic heterocycles. The van der Waals surface area contributed by atoms with Gasteiger partial charge in [0, 0.05) is 36.5 Å². The summed E-state index contributed by atoms with van der Waals surface area (Å²) < 4.78 is 1.74. The number of hydrogen-bond donors (Lipinski definition) is 2. The Bertz CT molecular complexity index is 1400. The average molecular weight is 475 g/mol. The van der Waals surface area contributed by atoms with Crippen LogP contribution in [0.5, 0.6) is 0 Å². The summed E-state index contributed by atoms with van der Waals surface area (Å²) in [6, 6.07) is 9.75. The highest BCUT2D eigenvalue weighted by atomic mass is 32.1. The molecule has 1 aromatic carbocycles. The smallest absolute Gasteiger partial charge is 0.258 e. The number of thiazole rings is 1. The highest BCUT2D eigenvalue weighted by Crippen LogP contribution is 2.40. The molecule has 2 amide bonds. The van der Waals surface area contributed by atoms with Crippen molar-refractivity contribution in [3.8, 4) is 11.3 Å². The van der Waals surface area contributed by atoms with Crippen LogP contribution in [0.25, 0.3) is 22.3 Å². The van der Waals surface area contributed by atoms with Crippen LogP contribution in [0.15, 0.2) is 35.7 Å². The van der Waals surface area contributed by atoms with E-state index >= 15 is 0 Å². The lowest BCUT2D eigenvalue weighted by atomic mass is 10.1. The fourth-order valence-corrected chi connectivity index (χ4v) is 4.91. The van der Waals surface area contributed by atoms with Crippen molar-refractivity contribution in [1.29, 1.82) is 0 Å². The molecule has 1 atom stereocenters. The van der Waals surface area contributed by atoms with E-state index in [0.29, 0.717) is 16.6 Å². The van der Waals surface area contributed by atoms with Gasteiger partial charge >= 0.3 is 0 Å². The van der Waals surface area contributed by atoms with E-state index in [2.05, 4.69) is 20.7 Å². The molecule has 0 saturated heterocycles. The molecular formula is C25H26N6O2S. The number of aryl methyl sites for hydroxylation is 2. The van der Waals surface area contributed by atoms with Crippen LogP contribution in [0.2, 0.25) is 0 Å². The van der Waals surface area contributed by atoms with Crippen molar-refractivity contribution in [2.75, 3.05) is 5.32 Å². The van der Waals surface area contributed by atoms with Gasteiger partial charge in [0.2, 0.25) is 5.91 Å². The van der Waals surface area contributed by atoms with Crippen molar-refractivity contribution in [3.05, 3.63) is 58.2 Å². The number of fused-ring (bicyclic) bond motifs is 1. The summed E-state index contributed by atoms with van der Waals surface area (Å²) in [5.41, 5.74) is 5.81. The van der Waals surface area contributed by atoms with E-state index in [-0.39, 0.29) is 17.9 Å². The molecule has 174 valence electrons. The van der Waals surface area contributed by atoms with Gasteiger partial charge in [0.15, 0.2) is 10.8 Å². The van der Waals surface area contributed by atoms with E-state index in [0.717, 1.165) is 52.1 Å². The Hall–Kier alpha value is -3.59. The first-order valence-corrected chi connectivity index (χ1v) is 12.2. The first-order valence-electron chi connectivity index (χ1n) is 11.3. The summed E-state index contributed by atoms with van der Waals surface area (Å²) in [6.07, 6.45) is 2.21. The molecule has 0 spiro atoms. The Morgan fingerprint density at radius 2 is 1.91 bits per heavy atom.